The maximum Gasteiger partial charge on any atom is 0.330 e. The van der Waals surface area contributed by atoms with Crippen LogP contribution in [0.1, 0.15) is 44.2 Å². The number of carbonyl (C=O) groups is 1. The monoisotopic (exact) mass is 261 g/mol. The summed E-state index contributed by atoms with van der Waals surface area (Å²) < 4.78 is 5.35. The van der Waals surface area contributed by atoms with Gasteiger partial charge in [0.15, 0.2) is 0 Å². The lowest BCUT2D eigenvalue weighted by Crippen LogP contribution is -2.50. The summed E-state index contributed by atoms with van der Waals surface area (Å²) in [5.41, 5.74) is 1.72. The molecule has 1 aliphatic rings. The fourth-order valence-corrected chi connectivity index (χ4v) is 3.02. The first kappa shape index (κ1) is 14.1. The second-order valence-corrected chi connectivity index (χ2v) is 5.02. The fourth-order valence-electron chi connectivity index (χ4n) is 3.02. The third kappa shape index (κ3) is 2.66. The Morgan fingerprint density at radius 3 is 2.84 bits per heavy atom. The van der Waals surface area contributed by atoms with Crippen molar-refractivity contribution in [2.45, 2.75) is 45.1 Å². The first-order chi connectivity index (χ1) is 9.24. The molecule has 0 radical (unpaired) electrons. The summed E-state index contributed by atoms with van der Waals surface area (Å²) in [5.74, 6) is -0.133. The summed E-state index contributed by atoms with van der Waals surface area (Å²) in [6.45, 7) is 5.08. The average molecular weight is 261 g/mol. The first-order valence-corrected chi connectivity index (χ1v) is 7.25. The molecule has 0 heterocycles. The zero-order valence-electron chi connectivity index (χ0n) is 11.9. The van der Waals surface area contributed by atoms with Gasteiger partial charge in [0.05, 0.1) is 6.61 Å². The molecule has 1 aliphatic carbocycles. The number of hydrogen-bond donors (Lipinski definition) is 1. The van der Waals surface area contributed by atoms with Crippen molar-refractivity contribution in [3.63, 3.8) is 0 Å². The van der Waals surface area contributed by atoms with Crippen LogP contribution in [0, 0.1) is 0 Å². The highest BCUT2D eigenvalue weighted by Gasteiger charge is 2.42. The van der Waals surface area contributed by atoms with Crippen LogP contribution in [0.25, 0.3) is 0 Å². The molecule has 2 rings (SSSR count). The number of fused-ring (bicyclic) bond motifs is 1. The molecule has 0 aromatic heterocycles. The summed E-state index contributed by atoms with van der Waals surface area (Å²) in [5, 5.41) is 3.40. The Kier molecular flexibility index (Phi) is 4.59. The predicted octanol–water partition coefficient (Wildman–Crippen LogP) is 2.78. The second kappa shape index (κ2) is 6.20. The lowest BCUT2D eigenvalue weighted by atomic mass is 9.84. The van der Waals surface area contributed by atoms with Crippen molar-refractivity contribution in [3.05, 3.63) is 35.4 Å². The Balaban J connectivity index is 2.49. The summed E-state index contributed by atoms with van der Waals surface area (Å²) in [7, 11) is 0. The van der Waals surface area contributed by atoms with Gasteiger partial charge in [-0.05, 0) is 43.9 Å². The molecule has 0 bridgehead atoms. The number of ether oxygens (including phenoxy) is 1. The highest BCUT2D eigenvalue weighted by molar-refractivity contribution is 5.83. The molecule has 3 nitrogen and oxygen atoms in total. The van der Waals surface area contributed by atoms with Crippen LogP contribution in [0.5, 0.6) is 0 Å². The average Bonchev–Trinajstić information content (AvgIpc) is 2.61. The molecule has 104 valence electrons. The normalized spacial score (nSPS) is 22.4. The molecule has 0 amide bonds. The number of benzene rings is 1. The second-order valence-electron chi connectivity index (χ2n) is 5.02. The van der Waals surface area contributed by atoms with E-state index in [1.165, 1.54) is 5.56 Å². The molecule has 1 N–H and O–H groups in total. The molecule has 0 saturated heterocycles. The van der Waals surface area contributed by atoms with Gasteiger partial charge in [0.1, 0.15) is 5.54 Å². The summed E-state index contributed by atoms with van der Waals surface area (Å²) in [4.78, 5) is 12.5. The molecule has 1 atom stereocenters. The van der Waals surface area contributed by atoms with E-state index < -0.39 is 5.54 Å². The van der Waals surface area contributed by atoms with E-state index in [2.05, 4.69) is 17.4 Å². The highest BCUT2D eigenvalue weighted by atomic mass is 16.5. The number of esters is 1. The smallest absolute Gasteiger partial charge is 0.330 e. The van der Waals surface area contributed by atoms with Crippen molar-refractivity contribution in [2.75, 3.05) is 13.2 Å². The van der Waals surface area contributed by atoms with Crippen LogP contribution in [-0.4, -0.2) is 19.1 Å². The Labute approximate surface area is 115 Å². The van der Waals surface area contributed by atoms with Crippen LogP contribution in [0.15, 0.2) is 24.3 Å². The maximum atomic E-state index is 12.5. The Morgan fingerprint density at radius 2 is 2.11 bits per heavy atom. The maximum absolute atomic E-state index is 12.5. The molecular formula is C16H23NO2. The minimum Gasteiger partial charge on any atom is -0.464 e. The molecule has 0 spiro atoms. The summed E-state index contributed by atoms with van der Waals surface area (Å²) in [6.07, 6.45) is 4.03. The predicted molar refractivity (Wildman–Crippen MR) is 76.0 cm³/mol. The van der Waals surface area contributed by atoms with Crippen molar-refractivity contribution in [1.29, 1.82) is 0 Å². The number of rotatable bonds is 4. The Morgan fingerprint density at radius 1 is 1.32 bits per heavy atom. The molecule has 1 aromatic rings. The van der Waals surface area contributed by atoms with E-state index in [1.807, 2.05) is 26.0 Å². The standard InChI is InChI=1S/C16H23NO2/c1-3-17-16(15(18)19-4-2)12-8-7-10-13-9-5-6-11-14(13)16/h5-6,9,11,17H,3-4,7-8,10,12H2,1-2H3. The number of aryl methyl sites for hydroxylation is 1. The van der Waals surface area contributed by atoms with Crippen molar-refractivity contribution >= 4 is 5.97 Å². The zero-order valence-corrected chi connectivity index (χ0v) is 11.9. The van der Waals surface area contributed by atoms with E-state index in [9.17, 15) is 4.79 Å². The van der Waals surface area contributed by atoms with E-state index >= 15 is 0 Å². The van der Waals surface area contributed by atoms with Crippen LogP contribution in [0.4, 0.5) is 0 Å². The van der Waals surface area contributed by atoms with Gasteiger partial charge in [-0.25, -0.2) is 4.79 Å². The summed E-state index contributed by atoms with van der Waals surface area (Å²) in [6, 6.07) is 8.26. The van der Waals surface area contributed by atoms with E-state index in [4.69, 9.17) is 4.74 Å². The molecule has 19 heavy (non-hydrogen) atoms. The van der Waals surface area contributed by atoms with Crippen LogP contribution in [0.3, 0.4) is 0 Å². The molecule has 0 fully saturated rings. The van der Waals surface area contributed by atoms with Gasteiger partial charge >= 0.3 is 5.97 Å². The van der Waals surface area contributed by atoms with Gasteiger partial charge in [-0.15, -0.1) is 0 Å². The van der Waals surface area contributed by atoms with E-state index in [0.29, 0.717) is 6.61 Å². The molecule has 3 heteroatoms. The van der Waals surface area contributed by atoms with Crippen molar-refractivity contribution in [1.82, 2.24) is 5.32 Å². The molecular weight excluding hydrogens is 238 g/mol. The van der Waals surface area contributed by atoms with Crippen LogP contribution in [0.2, 0.25) is 0 Å². The van der Waals surface area contributed by atoms with Gasteiger partial charge in [-0.3, -0.25) is 5.32 Å². The van der Waals surface area contributed by atoms with Gasteiger partial charge in [0.25, 0.3) is 0 Å². The Bertz CT molecular complexity index is 444. The molecule has 0 aliphatic heterocycles. The third-order valence-electron chi connectivity index (χ3n) is 3.83. The summed E-state index contributed by atoms with van der Waals surface area (Å²) >= 11 is 0. The van der Waals surface area contributed by atoms with Crippen molar-refractivity contribution in [3.8, 4) is 0 Å². The van der Waals surface area contributed by atoms with Gasteiger partial charge in [-0.1, -0.05) is 37.6 Å². The van der Waals surface area contributed by atoms with Crippen LogP contribution >= 0.6 is 0 Å². The SMILES string of the molecule is CCNC1(C(=O)OCC)CCCCc2ccccc21. The van der Waals surface area contributed by atoms with Gasteiger partial charge in [-0.2, -0.15) is 0 Å². The molecule has 0 saturated carbocycles. The number of likely N-dealkylation sites (N-methyl/N-ethyl adjacent to an activating group) is 1. The first-order valence-electron chi connectivity index (χ1n) is 7.25. The lowest BCUT2D eigenvalue weighted by Gasteiger charge is -2.33. The van der Waals surface area contributed by atoms with Crippen molar-refractivity contribution in [2.24, 2.45) is 0 Å². The minimum absolute atomic E-state index is 0.133. The van der Waals surface area contributed by atoms with Crippen LogP contribution in [-0.2, 0) is 21.5 Å². The topological polar surface area (TPSA) is 38.3 Å². The number of hydrogen-bond acceptors (Lipinski definition) is 3. The molecule has 1 aromatic carbocycles. The molecule has 1 unspecified atom stereocenters. The quantitative estimate of drug-likeness (QED) is 0.669. The lowest BCUT2D eigenvalue weighted by molar-refractivity contribution is -0.152. The van der Waals surface area contributed by atoms with Gasteiger partial charge in [0, 0.05) is 0 Å². The third-order valence-corrected chi connectivity index (χ3v) is 3.83. The largest absolute Gasteiger partial charge is 0.464 e. The van der Waals surface area contributed by atoms with E-state index in [1.54, 1.807) is 0 Å². The Hall–Kier alpha value is -1.35. The van der Waals surface area contributed by atoms with Crippen molar-refractivity contribution < 1.29 is 9.53 Å². The fraction of sp³-hybridized carbons (Fsp3) is 0.562. The zero-order chi connectivity index (χ0) is 13.7. The minimum atomic E-state index is -0.655. The van der Waals surface area contributed by atoms with Gasteiger partial charge < -0.3 is 4.74 Å². The number of nitrogens with one attached hydrogen (secondary N) is 1. The number of carbonyl (C=O) groups excluding carboxylic acids is 1. The highest BCUT2D eigenvalue weighted by Crippen LogP contribution is 2.35. The van der Waals surface area contributed by atoms with E-state index in [0.717, 1.165) is 37.8 Å². The van der Waals surface area contributed by atoms with Crippen LogP contribution < -0.4 is 5.32 Å². The van der Waals surface area contributed by atoms with E-state index in [-0.39, 0.29) is 5.97 Å². The van der Waals surface area contributed by atoms with Gasteiger partial charge in [0.2, 0.25) is 0 Å².